The van der Waals surface area contributed by atoms with Crippen LogP contribution in [0, 0.1) is 0 Å². The van der Waals surface area contributed by atoms with E-state index in [1.165, 1.54) is 0 Å². The van der Waals surface area contributed by atoms with Crippen molar-refractivity contribution >= 4 is 11.9 Å². The first-order chi connectivity index (χ1) is 9.20. The number of carbonyl (C=O) groups excluding carboxylic acids is 1. The zero-order valence-electron chi connectivity index (χ0n) is 10.4. The largest absolute Gasteiger partial charge is 0.481 e. The van der Waals surface area contributed by atoms with Gasteiger partial charge in [-0.15, -0.1) is 0 Å². The lowest BCUT2D eigenvalue weighted by Gasteiger charge is -2.27. The molecule has 10 nitrogen and oxygen atoms in total. The predicted molar refractivity (Wildman–Crippen MR) is 60.1 cm³/mol. The number of carboxylic acid groups (broad SMARTS) is 1. The molecule has 0 heterocycles. The summed E-state index contributed by atoms with van der Waals surface area (Å²) in [5.41, 5.74) is 0. The van der Waals surface area contributed by atoms with Gasteiger partial charge in [-0.1, -0.05) is 0 Å². The molecule has 0 rings (SSSR count). The van der Waals surface area contributed by atoms with Gasteiger partial charge in [0, 0.05) is 0 Å². The minimum absolute atomic E-state index is 0.546. The minimum atomic E-state index is -2.23. The van der Waals surface area contributed by atoms with Crippen LogP contribution in [0.2, 0.25) is 0 Å². The van der Waals surface area contributed by atoms with Crippen LogP contribution < -0.4 is 0 Å². The molecule has 0 amide bonds. The number of hydrogen-bond donors (Lipinski definition) is 7. The molecule has 10 heteroatoms. The van der Waals surface area contributed by atoms with E-state index in [0.29, 0.717) is 0 Å². The van der Waals surface area contributed by atoms with Gasteiger partial charge in [-0.3, -0.25) is 9.59 Å². The Morgan fingerprint density at radius 3 is 1.90 bits per heavy atom. The highest BCUT2D eigenvalue weighted by molar-refractivity contribution is 5.76. The van der Waals surface area contributed by atoms with Gasteiger partial charge in [-0.25, -0.2) is 0 Å². The molecule has 0 aromatic rings. The van der Waals surface area contributed by atoms with E-state index in [2.05, 4.69) is 4.74 Å². The van der Waals surface area contributed by atoms with E-state index in [1.807, 2.05) is 0 Å². The second-order valence-corrected chi connectivity index (χ2v) is 4.00. The van der Waals surface area contributed by atoms with Crippen molar-refractivity contribution in [1.82, 2.24) is 0 Å². The first kappa shape index (κ1) is 18.7. The van der Waals surface area contributed by atoms with Crippen LogP contribution in [0.1, 0.15) is 12.8 Å². The van der Waals surface area contributed by atoms with Gasteiger partial charge in [-0.05, 0) is 0 Å². The molecule has 0 fully saturated rings. The Hall–Kier alpha value is -1.30. The quantitative estimate of drug-likeness (QED) is 0.164. The van der Waals surface area contributed by atoms with Crippen molar-refractivity contribution in [3.63, 3.8) is 0 Å². The van der Waals surface area contributed by atoms with E-state index in [1.54, 1.807) is 0 Å². The molecule has 0 spiro atoms. The Morgan fingerprint density at radius 1 is 0.900 bits per heavy atom. The summed E-state index contributed by atoms with van der Waals surface area (Å²) in [5.74, 6) is -2.40. The summed E-state index contributed by atoms with van der Waals surface area (Å²) >= 11 is 0. The van der Waals surface area contributed by atoms with Gasteiger partial charge in [-0.2, -0.15) is 0 Å². The summed E-state index contributed by atoms with van der Waals surface area (Å²) in [6.45, 7) is -0.903. The lowest BCUT2D eigenvalue weighted by molar-refractivity contribution is -0.214. The molecule has 5 atom stereocenters. The SMILES string of the molecule is O=C(O)CCC(=O)OC(O)[C@H](O)[C@H](O)[C@H](O)[C@H](O)CO. The smallest absolute Gasteiger partial charge is 0.308 e. The van der Waals surface area contributed by atoms with Crippen LogP contribution in [0.15, 0.2) is 0 Å². The predicted octanol–water partition coefficient (Wildman–Crippen LogP) is -3.85. The van der Waals surface area contributed by atoms with Crippen molar-refractivity contribution in [1.29, 1.82) is 0 Å². The first-order valence-corrected chi connectivity index (χ1v) is 5.63. The Labute approximate surface area is 113 Å². The van der Waals surface area contributed by atoms with Crippen molar-refractivity contribution in [2.75, 3.05) is 6.61 Å². The number of carbonyl (C=O) groups is 2. The monoisotopic (exact) mass is 298 g/mol. The maximum Gasteiger partial charge on any atom is 0.308 e. The van der Waals surface area contributed by atoms with Crippen LogP contribution in [0.5, 0.6) is 0 Å². The molecule has 0 aliphatic carbocycles. The van der Waals surface area contributed by atoms with Crippen LogP contribution >= 0.6 is 0 Å². The molecule has 0 aromatic carbocycles. The fraction of sp³-hybridized carbons (Fsp3) is 0.800. The van der Waals surface area contributed by atoms with E-state index in [9.17, 15) is 30.0 Å². The molecule has 0 bridgehead atoms. The van der Waals surface area contributed by atoms with Crippen molar-refractivity contribution in [3.05, 3.63) is 0 Å². The summed E-state index contributed by atoms with van der Waals surface area (Å²) in [7, 11) is 0. The second kappa shape index (κ2) is 8.79. The number of aliphatic hydroxyl groups excluding tert-OH is 6. The number of ether oxygens (including phenoxy) is 1. The van der Waals surface area contributed by atoms with Crippen LogP contribution in [-0.4, -0.2) is 85.0 Å². The number of aliphatic carboxylic acids is 1. The van der Waals surface area contributed by atoms with Crippen LogP contribution in [0.25, 0.3) is 0 Å². The van der Waals surface area contributed by atoms with Crippen LogP contribution in [0.4, 0.5) is 0 Å². The van der Waals surface area contributed by atoms with Gasteiger partial charge >= 0.3 is 11.9 Å². The molecule has 0 aliphatic heterocycles. The zero-order chi connectivity index (χ0) is 15.9. The summed E-state index contributed by atoms with van der Waals surface area (Å²) in [5, 5.41) is 63.2. The minimum Gasteiger partial charge on any atom is -0.481 e. The second-order valence-electron chi connectivity index (χ2n) is 4.00. The molecule has 0 saturated carbocycles. The Balaban J connectivity index is 4.35. The fourth-order valence-electron chi connectivity index (χ4n) is 1.18. The first-order valence-electron chi connectivity index (χ1n) is 5.63. The van der Waals surface area contributed by atoms with E-state index < -0.39 is 62.1 Å². The zero-order valence-corrected chi connectivity index (χ0v) is 10.4. The topological polar surface area (TPSA) is 185 Å². The maximum absolute atomic E-state index is 11.1. The Bertz CT molecular complexity index is 319. The summed E-state index contributed by atoms with van der Waals surface area (Å²) in [6, 6.07) is 0. The number of carboxylic acids is 1. The van der Waals surface area contributed by atoms with Gasteiger partial charge in [0.1, 0.15) is 24.4 Å². The molecule has 7 N–H and O–H groups in total. The van der Waals surface area contributed by atoms with Crippen molar-refractivity contribution in [3.8, 4) is 0 Å². The third-order valence-corrected chi connectivity index (χ3v) is 2.37. The number of aliphatic hydroxyl groups is 6. The van der Waals surface area contributed by atoms with E-state index in [4.69, 9.17) is 15.3 Å². The summed E-state index contributed by atoms with van der Waals surface area (Å²) < 4.78 is 4.24. The Morgan fingerprint density at radius 2 is 1.45 bits per heavy atom. The maximum atomic E-state index is 11.1. The van der Waals surface area contributed by atoms with Crippen LogP contribution in [-0.2, 0) is 14.3 Å². The highest BCUT2D eigenvalue weighted by atomic mass is 16.6. The third kappa shape index (κ3) is 6.23. The van der Waals surface area contributed by atoms with Gasteiger partial charge in [0.05, 0.1) is 19.4 Å². The van der Waals surface area contributed by atoms with Crippen molar-refractivity contribution in [2.45, 2.75) is 43.5 Å². The van der Waals surface area contributed by atoms with Crippen molar-refractivity contribution in [2.24, 2.45) is 0 Å². The van der Waals surface area contributed by atoms with E-state index >= 15 is 0 Å². The van der Waals surface area contributed by atoms with Gasteiger partial charge < -0.3 is 40.5 Å². The molecule has 0 saturated heterocycles. The molecule has 118 valence electrons. The summed E-state index contributed by atoms with van der Waals surface area (Å²) in [6.07, 6.45) is -11.3. The van der Waals surface area contributed by atoms with Gasteiger partial charge in [0.2, 0.25) is 6.29 Å². The molecular weight excluding hydrogens is 280 g/mol. The lowest BCUT2D eigenvalue weighted by Crippen LogP contribution is -2.50. The third-order valence-electron chi connectivity index (χ3n) is 2.37. The molecular formula is C10H18O10. The van der Waals surface area contributed by atoms with Crippen molar-refractivity contribution < 1.29 is 50.1 Å². The number of rotatable bonds is 9. The average Bonchev–Trinajstić information content (AvgIpc) is 2.41. The van der Waals surface area contributed by atoms with Crippen LogP contribution in [0.3, 0.4) is 0 Å². The standard InChI is InChI=1S/C10H18O10/c11-3-4(12)7(16)8(17)9(18)10(19)20-6(15)2-1-5(13)14/h4,7-12,16-19H,1-3H2,(H,13,14)/t4-,7-,8-,9-,10?/m1/s1. The van der Waals surface area contributed by atoms with E-state index in [-0.39, 0.29) is 0 Å². The average molecular weight is 298 g/mol. The highest BCUT2D eigenvalue weighted by Crippen LogP contribution is 2.10. The molecule has 0 aliphatic rings. The highest BCUT2D eigenvalue weighted by Gasteiger charge is 2.35. The van der Waals surface area contributed by atoms with Gasteiger partial charge in [0.15, 0.2) is 0 Å². The molecule has 20 heavy (non-hydrogen) atoms. The van der Waals surface area contributed by atoms with Gasteiger partial charge in [0.25, 0.3) is 0 Å². The molecule has 0 radical (unpaired) electrons. The van der Waals surface area contributed by atoms with E-state index in [0.717, 1.165) is 0 Å². The fourth-order valence-corrected chi connectivity index (χ4v) is 1.18. The molecule has 0 aromatic heterocycles. The number of esters is 1. The molecule has 1 unspecified atom stereocenters. The number of hydrogen-bond acceptors (Lipinski definition) is 9. The lowest BCUT2D eigenvalue weighted by atomic mass is 10.0. The normalized spacial score (nSPS) is 18.7. The summed E-state index contributed by atoms with van der Waals surface area (Å²) in [4.78, 5) is 21.2. The Kier molecular flexibility index (Phi) is 8.22.